The van der Waals surface area contributed by atoms with Crippen molar-refractivity contribution in [2.45, 2.75) is 62.6 Å². The van der Waals surface area contributed by atoms with Crippen LogP contribution in [0.2, 0.25) is 5.02 Å². The van der Waals surface area contributed by atoms with E-state index in [1.54, 1.807) is 25.1 Å². The van der Waals surface area contributed by atoms with Crippen LogP contribution in [-0.4, -0.2) is 16.1 Å². The van der Waals surface area contributed by atoms with Crippen molar-refractivity contribution < 1.29 is 9.59 Å². The fraction of sp³-hybridized carbons (Fsp3) is 0.619. The van der Waals surface area contributed by atoms with E-state index in [1.807, 2.05) is 0 Å². The second kappa shape index (κ2) is 7.07. The molecule has 5 rings (SSSR count). The Morgan fingerprint density at radius 1 is 1.15 bits per heavy atom. The lowest BCUT2D eigenvalue weighted by Crippen LogP contribution is -2.53. The molecule has 0 aliphatic heterocycles. The third kappa shape index (κ3) is 4.04. The first-order chi connectivity index (χ1) is 12.8. The topological polar surface area (TPSA) is 58.2 Å². The molecule has 0 spiro atoms. The number of carbonyl (C=O) groups is 2. The Morgan fingerprint density at radius 3 is 2.48 bits per heavy atom. The standard InChI is InChI=1S/C21H26BrClN2O2/c1-2-18(26)24-15-3-4-16(23)17(6-15)25-19(27)11-20-7-13-5-14(8-20)10-21(22,9-13)12-20/h3-4,6,13-14H,2,5,7-12H2,1H3,(H,24,26)(H,25,27). The average Bonchev–Trinajstić information content (AvgIpc) is 2.54. The van der Waals surface area contributed by atoms with Gasteiger partial charge in [-0.3, -0.25) is 9.59 Å². The fourth-order valence-corrected chi connectivity index (χ4v) is 7.70. The van der Waals surface area contributed by atoms with E-state index in [2.05, 4.69) is 26.6 Å². The quantitative estimate of drug-likeness (QED) is 0.558. The Kier molecular flexibility index (Phi) is 5.04. The van der Waals surface area contributed by atoms with E-state index in [0.29, 0.717) is 29.2 Å². The number of benzene rings is 1. The molecule has 6 heteroatoms. The van der Waals surface area contributed by atoms with Gasteiger partial charge in [0, 0.05) is 22.9 Å². The van der Waals surface area contributed by atoms with E-state index in [0.717, 1.165) is 18.3 Å². The van der Waals surface area contributed by atoms with Crippen molar-refractivity contribution in [3.8, 4) is 0 Å². The van der Waals surface area contributed by atoms with Crippen molar-refractivity contribution in [3.63, 3.8) is 0 Å². The zero-order valence-corrected chi connectivity index (χ0v) is 18.0. The Morgan fingerprint density at radius 2 is 1.85 bits per heavy atom. The predicted octanol–water partition coefficient (Wildman–Crippen LogP) is 5.75. The molecule has 2 unspecified atom stereocenters. The van der Waals surface area contributed by atoms with Crippen LogP contribution in [0, 0.1) is 17.3 Å². The Bertz CT molecular complexity index is 767. The number of alkyl halides is 1. The second-order valence-electron chi connectivity index (χ2n) is 8.93. The van der Waals surface area contributed by atoms with Gasteiger partial charge in [0.25, 0.3) is 0 Å². The maximum absolute atomic E-state index is 12.9. The summed E-state index contributed by atoms with van der Waals surface area (Å²) in [5.41, 5.74) is 1.34. The number of carbonyl (C=O) groups excluding carboxylic acids is 2. The molecule has 0 heterocycles. The minimum atomic E-state index is -0.0641. The highest BCUT2D eigenvalue weighted by molar-refractivity contribution is 9.10. The van der Waals surface area contributed by atoms with Gasteiger partial charge < -0.3 is 10.6 Å². The van der Waals surface area contributed by atoms with Crippen LogP contribution in [0.15, 0.2) is 18.2 Å². The smallest absolute Gasteiger partial charge is 0.224 e. The number of nitrogens with one attached hydrogen (secondary N) is 2. The second-order valence-corrected chi connectivity index (χ2v) is 11.0. The molecule has 0 saturated heterocycles. The molecule has 4 fully saturated rings. The van der Waals surface area contributed by atoms with Crippen molar-refractivity contribution in [3.05, 3.63) is 23.2 Å². The highest BCUT2D eigenvalue weighted by Crippen LogP contribution is 2.65. The van der Waals surface area contributed by atoms with E-state index in [4.69, 9.17) is 11.6 Å². The van der Waals surface area contributed by atoms with Gasteiger partial charge >= 0.3 is 0 Å². The van der Waals surface area contributed by atoms with Crippen molar-refractivity contribution >= 4 is 50.7 Å². The van der Waals surface area contributed by atoms with Crippen LogP contribution in [0.4, 0.5) is 11.4 Å². The summed E-state index contributed by atoms with van der Waals surface area (Å²) in [6, 6.07) is 5.19. The molecule has 1 aromatic carbocycles. The summed E-state index contributed by atoms with van der Waals surface area (Å²) in [5, 5.41) is 6.29. The lowest BCUT2D eigenvalue weighted by Gasteiger charge is -2.60. The van der Waals surface area contributed by atoms with Crippen LogP contribution in [-0.2, 0) is 9.59 Å². The molecule has 4 nitrogen and oxygen atoms in total. The van der Waals surface area contributed by atoms with Gasteiger partial charge in [0.1, 0.15) is 0 Å². The maximum atomic E-state index is 12.9. The highest BCUT2D eigenvalue weighted by Gasteiger charge is 2.57. The third-order valence-electron chi connectivity index (χ3n) is 6.49. The predicted molar refractivity (Wildman–Crippen MR) is 112 cm³/mol. The van der Waals surface area contributed by atoms with Gasteiger partial charge in [-0.25, -0.2) is 0 Å². The molecule has 1 aromatic rings. The number of anilines is 2. The molecule has 2 N–H and O–H groups in total. The van der Waals surface area contributed by atoms with Crippen LogP contribution < -0.4 is 10.6 Å². The number of rotatable bonds is 5. The largest absolute Gasteiger partial charge is 0.326 e. The van der Waals surface area contributed by atoms with Gasteiger partial charge in [0.05, 0.1) is 10.7 Å². The van der Waals surface area contributed by atoms with Gasteiger partial charge in [-0.05, 0) is 74.0 Å². The van der Waals surface area contributed by atoms with E-state index < -0.39 is 0 Å². The maximum Gasteiger partial charge on any atom is 0.224 e. The normalized spacial score (nSPS) is 33.7. The minimum Gasteiger partial charge on any atom is -0.326 e. The minimum absolute atomic E-state index is 0.0221. The Hall–Kier alpha value is -1.07. The molecule has 0 aromatic heterocycles. The molecule has 4 saturated carbocycles. The zero-order valence-electron chi connectivity index (χ0n) is 15.6. The summed E-state index contributed by atoms with van der Waals surface area (Å²) in [5.74, 6) is 1.48. The van der Waals surface area contributed by atoms with E-state index in [9.17, 15) is 9.59 Å². The van der Waals surface area contributed by atoms with Crippen molar-refractivity contribution in [2.24, 2.45) is 17.3 Å². The van der Waals surface area contributed by atoms with Gasteiger partial charge in [0.2, 0.25) is 11.8 Å². The molecular weight excluding hydrogens is 428 g/mol. The zero-order chi connectivity index (χ0) is 19.2. The monoisotopic (exact) mass is 452 g/mol. The molecule has 2 amide bonds. The molecule has 4 aliphatic carbocycles. The summed E-state index contributed by atoms with van der Waals surface area (Å²) in [7, 11) is 0. The number of hydrogen-bond donors (Lipinski definition) is 2. The average molecular weight is 454 g/mol. The van der Waals surface area contributed by atoms with Gasteiger partial charge in [-0.2, -0.15) is 0 Å². The van der Waals surface area contributed by atoms with E-state index in [-0.39, 0.29) is 21.6 Å². The first kappa shape index (κ1) is 19.3. The Labute approximate surface area is 173 Å². The van der Waals surface area contributed by atoms with Gasteiger partial charge in [-0.1, -0.05) is 34.5 Å². The van der Waals surface area contributed by atoms with Crippen LogP contribution in [0.5, 0.6) is 0 Å². The van der Waals surface area contributed by atoms with E-state index >= 15 is 0 Å². The third-order valence-corrected chi connectivity index (χ3v) is 7.75. The number of amides is 2. The molecule has 4 aliphatic rings. The van der Waals surface area contributed by atoms with E-state index in [1.165, 1.54) is 32.1 Å². The van der Waals surface area contributed by atoms with Crippen LogP contribution in [0.3, 0.4) is 0 Å². The molecule has 4 bridgehead atoms. The summed E-state index contributed by atoms with van der Waals surface area (Å²) >= 11 is 10.3. The lowest BCUT2D eigenvalue weighted by atomic mass is 9.48. The lowest BCUT2D eigenvalue weighted by molar-refractivity contribution is -0.123. The molecule has 27 heavy (non-hydrogen) atoms. The summed E-state index contributed by atoms with van der Waals surface area (Å²) in [6.45, 7) is 1.80. The van der Waals surface area contributed by atoms with Gasteiger partial charge in [0.15, 0.2) is 0 Å². The number of halogens is 2. The van der Waals surface area contributed by atoms with Crippen molar-refractivity contribution in [1.29, 1.82) is 0 Å². The first-order valence-electron chi connectivity index (χ1n) is 9.86. The summed E-state index contributed by atoms with van der Waals surface area (Å²) in [4.78, 5) is 24.5. The number of hydrogen-bond acceptors (Lipinski definition) is 2. The van der Waals surface area contributed by atoms with Crippen LogP contribution in [0.1, 0.15) is 58.3 Å². The molecular formula is C21H26BrClN2O2. The van der Waals surface area contributed by atoms with Crippen molar-refractivity contribution in [1.82, 2.24) is 0 Å². The Balaban J connectivity index is 1.45. The SMILES string of the molecule is CCC(=O)Nc1ccc(Cl)c(NC(=O)CC23CC4CC(CC(Br)(C4)C2)C3)c1. The molecule has 2 atom stereocenters. The van der Waals surface area contributed by atoms with Crippen LogP contribution in [0.25, 0.3) is 0 Å². The van der Waals surface area contributed by atoms with Crippen molar-refractivity contribution in [2.75, 3.05) is 10.6 Å². The summed E-state index contributed by atoms with van der Waals surface area (Å²) < 4.78 is 0.249. The fourth-order valence-electron chi connectivity index (χ4n) is 6.03. The highest BCUT2D eigenvalue weighted by atomic mass is 79.9. The molecule has 146 valence electrons. The molecule has 0 radical (unpaired) electrons. The first-order valence-corrected chi connectivity index (χ1v) is 11.0. The summed E-state index contributed by atoms with van der Waals surface area (Å²) in [6.07, 6.45) is 8.26. The van der Waals surface area contributed by atoms with Gasteiger partial charge in [-0.15, -0.1) is 0 Å². The van der Waals surface area contributed by atoms with Crippen LogP contribution >= 0.6 is 27.5 Å².